The van der Waals surface area contributed by atoms with Gasteiger partial charge in [0, 0.05) is 25.0 Å². The molecule has 2 fully saturated rings. The Bertz CT molecular complexity index is 683. The quantitative estimate of drug-likeness (QED) is 0.916. The second-order valence-electron chi connectivity index (χ2n) is 6.99. The summed E-state index contributed by atoms with van der Waals surface area (Å²) in [5.41, 5.74) is 0.764. The minimum Gasteiger partial charge on any atom is -0.387 e. The first-order chi connectivity index (χ1) is 11.7. The number of aromatic nitrogens is 3. The van der Waals surface area contributed by atoms with Crippen LogP contribution in [0.1, 0.15) is 55.1 Å². The summed E-state index contributed by atoms with van der Waals surface area (Å²) in [5.74, 6) is 1.20. The molecule has 5 nitrogen and oxygen atoms in total. The summed E-state index contributed by atoms with van der Waals surface area (Å²) < 4.78 is 15.3. The zero-order valence-corrected chi connectivity index (χ0v) is 13.7. The van der Waals surface area contributed by atoms with Crippen molar-refractivity contribution < 1.29 is 9.50 Å². The Labute approximate surface area is 141 Å². The maximum atomic E-state index is 13.0. The van der Waals surface area contributed by atoms with Gasteiger partial charge >= 0.3 is 0 Å². The van der Waals surface area contributed by atoms with Crippen molar-refractivity contribution in [2.24, 2.45) is 0 Å². The van der Waals surface area contributed by atoms with Gasteiger partial charge in [0.05, 0.1) is 6.10 Å². The molecule has 0 radical (unpaired) electrons. The molecule has 1 N–H and O–H groups in total. The number of benzene rings is 1. The first-order valence-electron chi connectivity index (χ1n) is 8.76. The van der Waals surface area contributed by atoms with E-state index in [0.29, 0.717) is 18.5 Å². The van der Waals surface area contributed by atoms with Crippen LogP contribution in [0.25, 0.3) is 0 Å². The monoisotopic (exact) mass is 330 g/mol. The highest BCUT2D eigenvalue weighted by atomic mass is 19.1. The molecule has 0 unspecified atom stereocenters. The number of hydrogen-bond donors (Lipinski definition) is 1. The molecule has 6 heteroatoms. The third-order valence-corrected chi connectivity index (χ3v) is 5.10. The SMILES string of the molecule is O[C@@H](CN1CCC[C@@H](c2nncn2C2CC2)C1)c1ccc(F)cc1. The van der Waals surface area contributed by atoms with Crippen molar-refractivity contribution in [3.63, 3.8) is 0 Å². The first kappa shape index (κ1) is 15.7. The molecule has 1 aromatic carbocycles. The van der Waals surface area contributed by atoms with E-state index >= 15 is 0 Å². The Balaban J connectivity index is 1.41. The number of nitrogens with zero attached hydrogens (tertiary/aromatic N) is 4. The van der Waals surface area contributed by atoms with E-state index in [0.717, 1.165) is 37.3 Å². The van der Waals surface area contributed by atoms with Crippen LogP contribution in [0.3, 0.4) is 0 Å². The molecule has 2 atom stereocenters. The molecule has 0 bridgehead atoms. The number of likely N-dealkylation sites (tertiary alicyclic amines) is 1. The van der Waals surface area contributed by atoms with E-state index in [1.807, 2.05) is 6.33 Å². The molecule has 4 rings (SSSR count). The highest BCUT2D eigenvalue weighted by Gasteiger charge is 2.31. The minimum atomic E-state index is -0.592. The van der Waals surface area contributed by atoms with Gasteiger partial charge in [-0.1, -0.05) is 12.1 Å². The second-order valence-corrected chi connectivity index (χ2v) is 6.99. The van der Waals surface area contributed by atoms with Gasteiger partial charge in [-0.15, -0.1) is 10.2 Å². The van der Waals surface area contributed by atoms with Crippen molar-refractivity contribution in [3.8, 4) is 0 Å². The lowest BCUT2D eigenvalue weighted by atomic mass is 9.96. The van der Waals surface area contributed by atoms with Crippen LogP contribution in [-0.4, -0.2) is 44.4 Å². The molecule has 0 spiro atoms. The van der Waals surface area contributed by atoms with E-state index in [2.05, 4.69) is 19.7 Å². The number of piperidine rings is 1. The van der Waals surface area contributed by atoms with Gasteiger partial charge in [-0.25, -0.2) is 4.39 Å². The zero-order chi connectivity index (χ0) is 16.5. The maximum Gasteiger partial charge on any atom is 0.137 e. The summed E-state index contributed by atoms with van der Waals surface area (Å²) in [7, 11) is 0. The summed E-state index contributed by atoms with van der Waals surface area (Å²) in [6.45, 7) is 2.44. The van der Waals surface area contributed by atoms with Crippen LogP contribution in [0.15, 0.2) is 30.6 Å². The number of aliphatic hydroxyl groups excluding tert-OH is 1. The summed E-state index contributed by atoms with van der Waals surface area (Å²) in [4.78, 5) is 2.29. The normalized spacial score (nSPS) is 23.3. The van der Waals surface area contributed by atoms with Gasteiger partial charge < -0.3 is 9.67 Å². The van der Waals surface area contributed by atoms with Crippen molar-refractivity contribution in [1.29, 1.82) is 0 Å². The Morgan fingerprint density at radius 2 is 2.00 bits per heavy atom. The highest BCUT2D eigenvalue weighted by molar-refractivity contribution is 5.19. The van der Waals surface area contributed by atoms with Gasteiger partial charge in [0.25, 0.3) is 0 Å². The largest absolute Gasteiger partial charge is 0.387 e. The lowest BCUT2D eigenvalue weighted by molar-refractivity contribution is 0.0940. The fourth-order valence-corrected chi connectivity index (χ4v) is 3.64. The van der Waals surface area contributed by atoms with Crippen molar-refractivity contribution >= 4 is 0 Å². The van der Waals surface area contributed by atoms with E-state index in [9.17, 15) is 9.50 Å². The number of β-amino-alcohol motifs (C(OH)–C–C–N with tert-alkyl or cyclic N) is 1. The Kier molecular flexibility index (Phi) is 4.33. The lowest BCUT2D eigenvalue weighted by Gasteiger charge is -2.33. The first-order valence-corrected chi connectivity index (χ1v) is 8.76. The predicted octanol–water partition coefficient (Wildman–Crippen LogP) is 2.67. The molecule has 24 heavy (non-hydrogen) atoms. The topological polar surface area (TPSA) is 54.2 Å². The van der Waals surface area contributed by atoms with E-state index in [1.165, 1.54) is 25.0 Å². The Morgan fingerprint density at radius 3 is 2.75 bits per heavy atom. The van der Waals surface area contributed by atoms with E-state index in [4.69, 9.17) is 0 Å². The van der Waals surface area contributed by atoms with Crippen molar-refractivity contribution in [2.75, 3.05) is 19.6 Å². The summed E-state index contributed by atoms with van der Waals surface area (Å²) >= 11 is 0. The molecule has 1 saturated heterocycles. The summed E-state index contributed by atoms with van der Waals surface area (Å²) in [6, 6.07) is 6.71. The number of aliphatic hydroxyl groups is 1. The molecule has 1 saturated carbocycles. The molecule has 2 heterocycles. The average molecular weight is 330 g/mol. The van der Waals surface area contributed by atoms with Gasteiger partial charge in [0.1, 0.15) is 18.0 Å². The minimum absolute atomic E-state index is 0.275. The molecule has 1 aliphatic carbocycles. The third-order valence-electron chi connectivity index (χ3n) is 5.10. The van der Waals surface area contributed by atoms with Crippen molar-refractivity contribution in [2.45, 2.75) is 43.7 Å². The maximum absolute atomic E-state index is 13.0. The summed E-state index contributed by atoms with van der Waals surface area (Å²) in [6.07, 6.45) is 5.94. The van der Waals surface area contributed by atoms with Gasteiger partial charge in [-0.3, -0.25) is 4.90 Å². The number of halogens is 1. The molecular formula is C18H23FN4O. The summed E-state index contributed by atoms with van der Waals surface area (Å²) in [5, 5.41) is 18.9. The number of rotatable bonds is 5. The fourth-order valence-electron chi connectivity index (χ4n) is 3.64. The fraction of sp³-hybridized carbons (Fsp3) is 0.556. The van der Waals surface area contributed by atoms with Crippen LogP contribution in [-0.2, 0) is 0 Å². The molecule has 2 aliphatic rings. The second kappa shape index (κ2) is 6.61. The Hall–Kier alpha value is -1.79. The van der Waals surface area contributed by atoms with Crippen LogP contribution in [0.4, 0.5) is 4.39 Å². The van der Waals surface area contributed by atoms with Gasteiger partial charge in [0.2, 0.25) is 0 Å². The van der Waals surface area contributed by atoms with Gasteiger partial charge in [0.15, 0.2) is 0 Å². The number of hydrogen-bond acceptors (Lipinski definition) is 4. The molecule has 2 aromatic rings. The smallest absolute Gasteiger partial charge is 0.137 e. The van der Waals surface area contributed by atoms with Gasteiger partial charge in [-0.2, -0.15) is 0 Å². The lowest BCUT2D eigenvalue weighted by Crippen LogP contribution is -2.38. The van der Waals surface area contributed by atoms with Crippen LogP contribution in [0, 0.1) is 5.82 Å². The van der Waals surface area contributed by atoms with Crippen LogP contribution >= 0.6 is 0 Å². The molecule has 128 valence electrons. The predicted molar refractivity (Wildman–Crippen MR) is 88.1 cm³/mol. The van der Waals surface area contributed by atoms with Crippen molar-refractivity contribution in [1.82, 2.24) is 19.7 Å². The standard InChI is InChI=1S/C18H23FN4O/c19-15-5-3-13(4-6-15)17(24)11-22-9-1-2-14(10-22)18-21-20-12-23(18)16-7-8-16/h3-6,12,14,16-17,24H,1-2,7-11H2/t14-,17+/m1/s1. The molecule has 1 aromatic heterocycles. The van der Waals surface area contributed by atoms with Crippen molar-refractivity contribution in [3.05, 3.63) is 47.8 Å². The average Bonchev–Trinajstić information content (AvgIpc) is 3.32. The third kappa shape index (κ3) is 3.35. The van der Waals surface area contributed by atoms with Crippen LogP contribution in [0.2, 0.25) is 0 Å². The van der Waals surface area contributed by atoms with Gasteiger partial charge in [-0.05, 0) is 49.9 Å². The van der Waals surface area contributed by atoms with Crippen LogP contribution < -0.4 is 0 Å². The molecular weight excluding hydrogens is 307 g/mol. The Morgan fingerprint density at radius 1 is 1.21 bits per heavy atom. The van der Waals surface area contributed by atoms with E-state index < -0.39 is 6.10 Å². The van der Waals surface area contributed by atoms with E-state index in [1.54, 1.807) is 12.1 Å². The zero-order valence-electron chi connectivity index (χ0n) is 13.7. The van der Waals surface area contributed by atoms with E-state index in [-0.39, 0.29) is 5.82 Å². The molecule has 0 amide bonds. The molecule has 1 aliphatic heterocycles. The van der Waals surface area contributed by atoms with Crippen LogP contribution in [0.5, 0.6) is 0 Å². The highest BCUT2D eigenvalue weighted by Crippen LogP contribution is 2.38.